The summed E-state index contributed by atoms with van der Waals surface area (Å²) < 4.78 is 0. The Morgan fingerprint density at radius 3 is 2.33 bits per heavy atom. The smallest absolute Gasteiger partial charge is 0.138 e. The van der Waals surface area contributed by atoms with Crippen LogP contribution in [-0.4, -0.2) is 33.8 Å². The summed E-state index contributed by atoms with van der Waals surface area (Å²) in [5.74, 6) is 2.65. The number of nitrogens with zero attached hydrogens (tertiary/aromatic N) is 2. The molecule has 0 unspecified atom stereocenters. The molecule has 5 nitrogen and oxygen atoms in total. The molecule has 1 aromatic rings. The molecule has 0 spiro atoms. The number of hydrogen-bond donors (Lipinski definition) is 3. The normalized spacial score (nSPS) is 21.8. The maximum absolute atomic E-state index is 9.44. The van der Waals surface area contributed by atoms with Crippen LogP contribution in [0.2, 0.25) is 0 Å². The number of aliphatic hydroxyl groups excluding tert-OH is 1. The topological polar surface area (TPSA) is 70.1 Å². The third kappa shape index (κ3) is 3.84. The summed E-state index contributed by atoms with van der Waals surface area (Å²) in [6.45, 7) is 11.5. The third-order valence-corrected chi connectivity index (χ3v) is 3.81. The zero-order valence-corrected chi connectivity index (χ0v) is 13.8. The number of hydrogen-bond acceptors (Lipinski definition) is 5. The molecule has 1 saturated carbocycles. The molecule has 0 aliphatic heterocycles. The second-order valence-corrected chi connectivity index (χ2v) is 7.01. The van der Waals surface area contributed by atoms with Crippen LogP contribution in [0.1, 0.15) is 58.3 Å². The van der Waals surface area contributed by atoms with Crippen molar-refractivity contribution in [1.82, 2.24) is 9.97 Å². The van der Waals surface area contributed by atoms with E-state index in [1.54, 1.807) is 0 Å². The lowest BCUT2D eigenvalue weighted by Crippen LogP contribution is -2.39. The van der Waals surface area contributed by atoms with Gasteiger partial charge in [-0.05, 0) is 26.2 Å². The minimum atomic E-state index is -0.163. The average Bonchev–Trinajstić information content (AvgIpc) is 2.36. The van der Waals surface area contributed by atoms with Gasteiger partial charge in [0.1, 0.15) is 17.5 Å². The van der Waals surface area contributed by atoms with Gasteiger partial charge in [0.15, 0.2) is 0 Å². The third-order valence-electron chi connectivity index (χ3n) is 3.81. The van der Waals surface area contributed by atoms with Crippen LogP contribution in [0.4, 0.5) is 11.6 Å². The molecule has 1 aliphatic rings. The van der Waals surface area contributed by atoms with Gasteiger partial charge in [-0.3, -0.25) is 0 Å². The van der Waals surface area contributed by atoms with Crippen molar-refractivity contribution < 1.29 is 5.11 Å². The summed E-state index contributed by atoms with van der Waals surface area (Å²) in [6, 6.07) is 0.320. The van der Waals surface area contributed by atoms with E-state index in [1.165, 1.54) is 0 Å². The Hall–Kier alpha value is -1.36. The van der Waals surface area contributed by atoms with Gasteiger partial charge in [-0.2, -0.15) is 0 Å². The standard InChI is InChI=1S/C16H28N4O/c1-6-7-17-13-10(2)14(18-11-8-12(21)9-11)20-15(19-13)16(3,4)5/h11-12,21H,6-9H2,1-5H3,(H2,17,18,19,20). The van der Waals surface area contributed by atoms with Crippen molar-refractivity contribution >= 4 is 11.6 Å². The molecule has 0 saturated heterocycles. The van der Waals surface area contributed by atoms with Crippen LogP contribution in [0.5, 0.6) is 0 Å². The van der Waals surface area contributed by atoms with Crippen LogP contribution >= 0.6 is 0 Å². The van der Waals surface area contributed by atoms with Crippen molar-refractivity contribution in [3.8, 4) is 0 Å². The molecule has 21 heavy (non-hydrogen) atoms. The van der Waals surface area contributed by atoms with Gasteiger partial charge in [0.2, 0.25) is 0 Å². The summed E-state index contributed by atoms with van der Waals surface area (Å²) in [4.78, 5) is 9.41. The fourth-order valence-corrected chi connectivity index (χ4v) is 2.31. The summed E-state index contributed by atoms with van der Waals surface area (Å²) >= 11 is 0. The van der Waals surface area contributed by atoms with Crippen LogP contribution in [0.3, 0.4) is 0 Å². The van der Waals surface area contributed by atoms with Gasteiger partial charge in [-0.15, -0.1) is 0 Å². The maximum atomic E-state index is 9.44. The number of aromatic nitrogens is 2. The molecule has 5 heteroatoms. The second-order valence-electron chi connectivity index (χ2n) is 7.01. The van der Waals surface area contributed by atoms with Crippen molar-refractivity contribution in [2.45, 2.75) is 71.4 Å². The predicted octanol–water partition coefficient (Wildman–Crippen LogP) is 2.84. The predicted molar refractivity (Wildman–Crippen MR) is 86.9 cm³/mol. The molecule has 0 bridgehead atoms. The molecule has 0 amide bonds. The highest BCUT2D eigenvalue weighted by Gasteiger charge is 2.29. The van der Waals surface area contributed by atoms with E-state index in [0.717, 1.165) is 48.8 Å². The Balaban J connectivity index is 2.27. The maximum Gasteiger partial charge on any atom is 0.138 e. The van der Waals surface area contributed by atoms with Crippen molar-refractivity contribution in [1.29, 1.82) is 0 Å². The molecule has 0 atom stereocenters. The van der Waals surface area contributed by atoms with Crippen LogP contribution in [0, 0.1) is 6.92 Å². The fraction of sp³-hybridized carbons (Fsp3) is 0.750. The van der Waals surface area contributed by atoms with Gasteiger partial charge < -0.3 is 15.7 Å². The van der Waals surface area contributed by atoms with E-state index in [9.17, 15) is 5.11 Å². The second kappa shape index (κ2) is 6.18. The molecule has 118 valence electrons. The highest BCUT2D eigenvalue weighted by Crippen LogP contribution is 2.29. The molecule has 0 radical (unpaired) electrons. The lowest BCUT2D eigenvalue weighted by atomic mass is 9.89. The Kier molecular flexibility index (Phi) is 4.71. The largest absolute Gasteiger partial charge is 0.393 e. The minimum absolute atomic E-state index is 0.0914. The minimum Gasteiger partial charge on any atom is -0.393 e. The SMILES string of the molecule is CCCNc1nc(C(C)(C)C)nc(NC2CC(O)C2)c1C. The average molecular weight is 292 g/mol. The van der Waals surface area contributed by atoms with Crippen molar-refractivity contribution in [3.63, 3.8) is 0 Å². The van der Waals surface area contributed by atoms with Crippen molar-refractivity contribution in [2.24, 2.45) is 0 Å². The van der Waals surface area contributed by atoms with Crippen LogP contribution in [-0.2, 0) is 5.41 Å². The first-order chi connectivity index (χ1) is 9.81. The van der Waals surface area contributed by atoms with E-state index < -0.39 is 0 Å². The number of anilines is 2. The number of rotatable bonds is 5. The van der Waals surface area contributed by atoms with E-state index in [1.807, 2.05) is 6.92 Å². The van der Waals surface area contributed by atoms with Gasteiger partial charge in [-0.25, -0.2) is 9.97 Å². The molecule has 1 heterocycles. The molecule has 2 rings (SSSR count). The highest BCUT2D eigenvalue weighted by molar-refractivity contribution is 5.58. The van der Waals surface area contributed by atoms with Gasteiger partial charge in [0, 0.05) is 23.6 Å². The number of nitrogens with one attached hydrogen (secondary N) is 2. The molecular formula is C16H28N4O. The summed E-state index contributed by atoms with van der Waals surface area (Å²) in [6.07, 6.45) is 2.49. The summed E-state index contributed by atoms with van der Waals surface area (Å²) in [5, 5.41) is 16.3. The Labute approximate surface area is 127 Å². The van der Waals surface area contributed by atoms with Gasteiger partial charge >= 0.3 is 0 Å². The van der Waals surface area contributed by atoms with Crippen molar-refractivity contribution in [3.05, 3.63) is 11.4 Å². The van der Waals surface area contributed by atoms with Gasteiger partial charge in [-0.1, -0.05) is 27.7 Å². The van der Waals surface area contributed by atoms with Crippen molar-refractivity contribution in [2.75, 3.05) is 17.2 Å². The zero-order valence-electron chi connectivity index (χ0n) is 13.8. The first kappa shape index (κ1) is 16.0. The van der Waals surface area contributed by atoms with E-state index in [4.69, 9.17) is 9.97 Å². The summed E-state index contributed by atoms with van der Waals surface area (Å²) in [5.41, 5.74) is 0.962. The van der Waals surface area contributed by atoms with Crippen LogP contribution in [0.25, 0.3) is 0 Å². The molecule has 0 aromatic carbocycles. The van der Waals surface area contributed by atoms with Gasteiger partial charge in [0.25, 0.3) is 0 Å². The monoisotopic (exact) mass is 292 g/mol. The van der Waals surface area contributed by atoms with Gasteiger partial charge in [0.05, 0.1) is 6.10 Å². The Bertz CT molecular complexity index is 490. The van der Waals surface area contributed by atoms with E-state index >= 15 is 0 Å². The van der Waals surface area contributed by atoms with E-state index in [0.29, 0.717) is 6.04 Å². The lowest BCUT2D eigenvalue weighted by Gasteiger charge is -2.33. The zero-order chi connectivity index (χ0) is 15.6. The first-order valence-corrected chi connectivity index (χ1v) is 7.88. The molecule has 3 N–H and O–H groups in total. The lowest BCUT2D eigenvalue weighted by molar-refractivity contribution is 0.0835. The molecular weight excluding hydrogens is 264 g/mol. The summed E-state index contributed by atoms with van der Waals surface area (Å²) in [7, 11) is 0. The molecule has 1 aromatic heterocycles. The molecule has 1 aliphatic carbocycles. The Morgan fingerprint density at radius 2 is 1.81 bits per heavy atom. The first-order valence-electron chi connectivity index (χ1n) is 7.88. The highest BCUT2D eigenvalue weighted by atomic mass is 16.3. The van der Waals surface area contributed by atoms with Crippen LogP contribution < -0.4 is 10.6 Å². The Morgan fingerprint density at radius 1 is 1.19 bits per heavy atom. The van der Waals surface area contributed by atoms with Crippen LogP contribution in [0.15, 0.2) is 0 Å². The fourth-order valence-electron chi connectivity index (χ4n) is 2.31. The number of aliphatic hydroxyl groups is 1. The van der Waals surface area contributed by atoms with E-state index in [2.05, 4.69) is 38.3 Å². The quantitative estimate of drug-likeness (QED) is 0.778. The molecule has 1 fully saturated rings. The van der Waals surface area contributed by atoms with E-state index in [-0.39, 0.29) is 11.5 Å².